The Labute approximate surface area is 272 Å². The van der Waals surface area contributed by atoms with E-state index in [9.17, 15) is 20.8 Å². The summed E-state index contributed by atoms with van der Waals surface area (Å²) >= 11 is 0. The van der Waals surface area contributed by atoms with Crippen LogP contribution in [0.4, 0.5) is 15.5 Å². The molecule has 2 atom stereocenters. The van der Waals surface area contributed by atoms with Crippen molar-refractivity contribution in [2.24, 2.45) is 5.41 Å². The van der Waals surface area contributed by atoms with Crippen molar-refractivity contribution in [2.45, 2.75) is 133 Å². The van der Waals surface area contributed by atoms with Crippen molar-refractivity contribution < 1.29 is 39.4 Å². The molecule has 1 saturated carbocycles. The summed E-state index contributed by atoms with van der Waals surface area (Å²) in [4.78, 5) is -1.25. The lowest BCUT2D eigenvalue weighted by molar-refractivity contribution is -0.916. The summed E-state index contributed by atoms with van der Waals surface area (Å²) < 4.78 is 79.1. The van der Waals surface area contributed by atoms with E-state index in [2.05, 4.69) is 47.7 Å². The molecule has 1 aromatic heterocycles. The number of rotatable bonds is 5. The molecule has 4 aliphatic rings. The van der Waals surface area contributed by atoms with E-state index in [-0.39, 0.29) is 28.7 Å². The van der Waals surface area contributed by atoms with Gasteiger partial charge in [-0.2, -0.15) is 0 Å². The minimum Gasteiger partial charge on any atom is -0.410 e. The highest BCUT2D eigenvalue weighted by atomic mass is 32.5. The van der Waals surface area contributed by atoms with Crippen LogP contribution in [-0.4, -0.2) is 33.0 Å². The van der Waals surface area contributed by atoms with Gasteiger partial charge in [-0.25, -0.2) is 0 Å². The maximum absolute atomic E-state index is 14.4. The number of ether oxygens (including phenoxy) is 2. The molecule has 46 heavy (non-hydrogen) atoms. The number of nitrogens with zero attached hydrogens (tertiary/aromatic N) is 1. The maximum atomic E-state index is 14.4. The average molecular weight is 687 g/mol. The van der Waals surface area contributed by atoms with Gasteiger partial charge in [0.15, 0.2) is 18.2 Å². The molecule has 1 aromatic carbocycles. The Hall–Kier alpha value is -1.66. The molecule has 2 aromatic rings. The van der Waals surface area contributed by atoms with Crippen molar-refractivity contribution in [1.82, 2.24) is 0 Å². The third-order valence-corrected chi connectivity index (χ3v) is 17.4. The van der Waals surface area contributed by atoms with Gasteiger partial charge in [-0.15, -0.1) is 15.5 Å². The van der Waals surface area contributed by atoms with Crippen molar-refractivity contribution in [2.75, 3.05) is 19.5 Å². The van der Waals surface area contributed by atoms with E-state index < -0.39 is 34.8 Å². The number of benzene rings is 1. The standard InChI is InChI=1S/C35H52F4NO4SSi/c1-33(2,3)46(7,8)44-27-22-34(4,5)21-26-28(27)30-29(31(40(26)41)23-15-19-42-20-16-23)32(43-35(30)17-9-10-18-35)24-11-13-25(14-12-24)45(6,36,37,38)39/h11-14,23,27,32,41H,9-10,15-22H2,1-8H3/q+1. The molecule has 258 valence electrons. The summed E-state index contributed by atoms with van der Waals surface area (Å²) in [7, 11) is -10.6. The molecule has 1 spiro atoms. The van der Waals surface area contributed by atoms with Crippen LogP contribution in [0.25, 0.3) is 0 Å². The van der Waals surface area contributed by atoms with E-state index >= 15 is 0 Å². The lowest BCUT2D eigenvalue weighted by Gasteiger charge is -2.46. The van der Waals surface area contributed by atoms with Crippen LogP contribution in [0, 0.1) is 5.41 Å². The van der Waals surface area contributed by atoms with Crippen molar-refractivity contribution in [3.8, 4) is 0 Å². The van der Waals surface area contributed by atoms with Crippen LogP contribution < -0.4 is 4.73 Å². The fourth-order valence-electron chi connectivity index (χ4n) is 8.07. The van der Waals surface area contributed by atoms with Crippen LogP contribution in [0.1, 0.15) is 131 Å². The van der Waals surface area contributed by atoms with Crippen molar-refractivity contribution in [3.05, 3.63) is 57.9 Å². The second-order valence-corrected chi connectivity index (χ2v) is 25.1. The van der Waals surface area contributed by atoms with E-state index in [0.29, 0.717) is 25.2 Å². The van der Waals surface area contributed by atoms with Crippen LogP contribution in [0.15, 0.2) is 29.2 Å². The van der Waals surface area contributed by atoms with Gasteiger partial charge >= 0.3 is 0 Å². The van der Waals surface area contributed by atoms with Gasteiger partial charge in [0.05, 0.1) is 39.9 Å². The molecule has 1 N–H and O–H groups in total. The zero-order valence-electron chi connectivity index (χ0n) is 28.7. The largest absolute Gasteiger partial charge is 0.410 e. The lowest BCUT2D eigenvalue weighted by atomic mass is 9.70. The Morgan fingerprint density at radius 3 is 2.11 bits per heavy atom. The smallest absolute Gasteiger partial charge is 0.244 e. The van der Waals surface area contributed by atoms with Gasteiger partial charge in [0.25, 0.3) is 0 Å². The topological polar surface area (TPSA) is 51.8 Å². The first-order valence-corrected chi connectivity index (χ1v) is 22.2. The normalized spacial score (nSPS) is 26.4. The van der Waals surface area contributed by atoms with Crippen LogP contribution in [0.2, 0.25) is 18.1 Å². The first-order valence-electron chi connectivity index (χ1n) is 16.8. The molecule has 6 rings (SSSR count). The number of pyridine rings is 1. The highest BCUT2D eigenvalue weighted by Gasteiger charge is 2.60. The minimum atomic E-state index is -8.36. The van der Waals surface area contributed by atoms with Crippen molar-refractivity contribution in [3.63, 3.8) is 0 Å². The molecule has 0 amide bonds. The van der Waals surface area contributed by atoms with E-state index in [1.54, 1.807) is 0 Å². The van der Waals surface area contributed by atoms with E-state index in [1.807, 2.05) is 0 Å². The van der Waals surface area contributed by atoms with E-state index in [0.717, 1.165) is 85.2 Å². The van der Waals surface area contributed by atoms with Crippen LogP contribution in [0.5, 0.6) is 0 Å². The summed E-state index contributed by atoms with van der Waals surface area (Å²) in [5, 5.41) is 12.3. The Bertz CT molecular complexity index is 1530. The van der Waals surface area contributed by atoms with Gasteiger partial charge in [-0.05, 0) is 73.3 Å². The molecular weight excluding hydrogens is 635 g/mol. The van der Waals surface area contributed by atoms with Gasteiger partial charge in [0, 0.05) is 29.9 Å². The quantitative estimate of drug-likeness (QED) is 0.147. The molecule has 5 nitrogen and oxygen atoms in total. The fourth-order valence-corrected chi connectivity index (χ4v) is 10.2. The van der Waals surface area contributed by atoms with Gasteiger partial charge < -0.3 is 13.9 Å². The Balaban J connectivity index is 1.63. The molecule has 3 heterocycles. The SMILES string of the molecule is CC1(C)Cc2c(c3c(c(C4CCOCC4)[n+]2O)C(c2ccc(S(C)(F)(F)(F)F)cc2)OC32CCCC2)C(O[Si](C)(C)C(C)(C)C)C1. The highest BCUT2D eigenvalue weighted by molar-refractivity contribution is 8.49. The number of aromatic nitrogens is 1. The Morgan fingerprint density at radius 2 is 1.57 bits per heavy atom. The van der Waals surface area contributed by atoms with Crippen molar-refractivity contribution in [1.29, 1.82) is 0 Å². The third-order valence-electron chi connectivity index (χ3n) is 11.4. The van der Waals surface area contributed by atoms with Gasteiger partial charge in [-0.3, -0.25) is 5.21 Å². The van der Waals surface area contributed by atoms with Gasteiger partial charge in [-0.1, -0.05) is 59.6 Å². The summed E-state index contributed by atoms with van der Waals surface area (Å²) in [6.45, 7) is 16.8. The zero-order valence-corrected chi connectivity index (χ0v) is 30.5. The molecule has 1 saturated heterocycles. The molecule has 11 heteroatoms. The molecule has 2 unspecified atom stereocenters. The molecule has 0 radical (unpaired) electrons. The number of fused-ring (bicyclic) bond motifs is 4. The molecular formula is C35H52F4NO4SSi+. The first kappa shape index (κ1) is 34.2. The predicted molar refractivity (Wildman–Crippen MR) is 175 cm³/mol. The van der Waals surface area contributed by atoms with Crippen LogP contribution >= 0.6 is 9.84 Å². The summed E-state index contributed by atoms with van der Waals surface area (Å²) in [6, 6.07) is 4.43. The van der Waals surface area contributed by atoms with Gasteiger partial charge in [0.1, 0.15) is 6.10 Å². The second-order valence-electron chi connectivity index (χ2n) is 16.9. The summed E-state index contributed by atoms with van der Waals surface area (Å²) in [5.74, 6) is -0.0148. The number of halogens is 4. The highest BCUT2D eigenvalue weighted by Crippen LogP contribution is 2.98. The minimum absolute atomic E-state index is 0.0148. The average Bonchev–Trinajstić information content (AvgIpc) is 3.52. The molecule has 0 bridgehead atoms. The van der Waals surface area contributed by atoms with E-state index in [1.165, 1.54) is 16.9 Å². The van der Waals surface area contributed by atoms with Crippen LogP contribution in [0.3, 0.4) is 0 Å². The van der Waals surface area contributed by atoms with Crippen LogP contribution in [-0.2, 0) is 25.9 Å². The predicted octanol–water partition coefficient (Wildman–Crippen LogP) is 10.4. The third kappa shape index (κ3) is 5.94. The maximum Gasteiger partial charge on any atom is 0.244 e. The Morgan fingerprint density at radius 1 is 0.978 bits per heavy atom. The monoisotopic (exact) mass is 686 g/mol. The molecule has 2 aliphatic carbocycles. The molecule has 2 fully saturated rings. The van der Waals surface area contributed by atoms with E-state index in [4.69, 9.17) is 13.9 Å². The van der Waals surface area contributed by atoms with Gasteiger partial charge in [0.2, 0.25) is 11.4 Å². The van der Waals surface area contributed by atoms with Crippen molar-refractivity contribution >= 4 is 18.2 Å². The summed E-state index contributed by atoms with van der Waals surface area (Å²) in [5.41, 5.74) is 4.34. The number of hydrogen-bond acceptors (Lipinski definition) is 4. The summed E-state index contributed by atoms with van der Waals surface area (Å²) in [6.07, 6.45) is 5.20. The zero-order chi connectivity index (χ0) is 33.8. The Kier molecular flexibility index (Phi) is 7.57. The molecule has 2 aliphatic heterocycles. The second kappa shape index (κ2) is 10.2. The number of hydrogen-bond donors (Lipinski definition) is 1. The fraction of sp³-hybridized carbons (Fsp3) is 0.686. The lowest BCUT2D eigenvalue weighted by Crippen LogP contribution is -2.51. The first-order chi connectivity index (χ1) is 20.9.